The summed E-state index contributed by atoms with van der Waals surface area (Å²) in [5.74, 6) is -1.00. The van der Waals surface area contributed by atoms with Crippen molar-refractivity contribution in [2.24, 2.45) is 5.92 Å². The lowest BCUT2D eigenvalue weighted by Gasteiger charge is -2.24. The predicted molar refractivity (Wildman–Crippen MR) is 64.3 cm³/mol. The molecule has 2 unspecified atom stereocenters. The van der Waals surface area contributed by atoms with Gasteiger partial charge in [0.1, 0.15) is 0 Å². The van der Waals surface area contributed by atoms with Crippen LogP contribution in [-0.4, -0.2) is 55.4 Å². The highest BCUT2D eigenvalue weighted by Gasteiger charge is 2.46. The number of aliphatic hydroxyl groups is 1. The fourth-order valence-corrected chi connectivity index (χ4v) is 5.09. The maximum atomic E-state index is 12.4. The zero-order chi connectivity index (χ0) is 13.3. The van der Waals surface area contributed by atoms with Gasteiger partial charge in [-0.25, -0.2) is 8.42 Å². The minimum Gasteiger partial charge on any atom is -0.469 e. The van der Waals surface area contributed by atoms with E-state index in [2.05, 4.69) is 4.74 Å². The molecule has 18 heavy (non-hydrogen) atoms. The first-order valence-corrected chi connectivity index (χ1v) is 7.72. The Morgan fingerprint density at radius 1 is 1.33 bits per heavy atom. The maximum Gasteiger partial charge on any atom is 0.310 e. The van der Waals surface area contributed by atoms with E-state index in [1.165, 1.54) is 11.4 Å². The summed E-state index contributed by atoms with van der Waals surface area (Å²) < 4.78 is 30.8. The van der Waals surface area contributed by atoms with E-state index in [9.17, 15) is 18.3 Å². The summed E-state index contributed by atoms with van der Waals surface area (Å²) in [7, 11) is -2.22. The Balaban J connectivity index is 2.16. The van der Waals surface area contributed by atoms with Crippen LogP contribution in [0.4, 0.5) is 0 Å². The Hall–Kier alpha value is -0.660. The molecule has 0 spiro atoms. The zero-order valence-electron chi connectivity index (χ0n) is 10.4. The summed E-state index contributed by atoms with van der Waals surface area (Å²) in [6.07, 6.45) is 1.66. The maximum absolute atomic E-state index is 12.4. The summed E-state index contributed by atoms with van der Waals surface area (Å²) in [5.41, 5.74) is 0. The van der Waals surface area contributed by atoms with Gasteiger partial charge in [0.25, 0.3) is 0 Å². The minimum absolute atomic E-state index is 0.146. The van der Waals surface area contributed by atoms with E-state index in [1.807, 2.05) is 0 Å². The lowest BCUT2D eigenvalue weighted by atomic mass is 10.1. The molecule has 0 aromatic rings. The van der Waals surface area contributed by atoms with Crippen molar-refractivity contribution in [2.45, 2.75) is 37.0 Å². The Morgan fingerprint density at radius 3 is 2.61 bits per heavy atom. The van der Waals surface area contributed by atoms with E-state index in [1.54, 1.807) is 0 Å². The molecule has 0 radical (unpaired) electrons. The number of aliphatic hydroxyl groups excluding tert-OH is 1. The summed E-state index contributed by atoms with van der Waals surface area (Å²) >= 11 is 0. The monoisotopic (exact) mass is 277 g/mol. The molecule has 1 saturated carbocycles. The van der Waals surface area contributed by atoms with Crippen LogP contribution in [0.1, 0.15) is 25.7 Å². The number of rotatable bonds is 3. The van der Waals surface area contributed by atoms with Gasteiger partial charge in [-0.2, -0.15) is 4.31 Å². The molecule has 7 heteroatoms. The third-order valence-electron chi connectivity index (χ3n) is 3.83. The van der Waals surface area contributed by atoms with Crippen LogP contribution in [0.25, 0.3) is 0 Å². The number of carbonyl (C=O) groups excluding carboxylic acids is 1. The van der Waals surface area contributed by atoms with Gasteiger partial charge in [-0.05, 0) is 19.3 Å². The third-order valence-corrected chi connectivity index (χ3v) is 6.21. The fraction of sp³-hybridized carbons (Fsp3) is 0.909. The van der Waals surface area contributed by atoms with Crippen molar-refractivity contribution in [3.63, 3.8) is 0 Å². The highest BCUT2D eigenvalue weighted by atomic mass is 32.2. The van der Waals surface area contributed by atoms with Crippen molar-refractivity contribution >= 4 is 16.0 Å². The standard InChI is InChI=1S/C11H19NO5S/c1-17-11(14)9-3-2-4-10(9)18(15,16)12-6-5-8(13)7-12/h8-10,13H,2-7H2,1H3/t8-,9?,10?/m1/s1. The molecule has 2 aliphatic rings. The second kappa shape index (κ2) is 5.14. The van der Waals surface area contributed by atoms with Crippen LogP contribution in [-0.2, 0) is 19.6 Å². The third kappa shape index (κ3) is 2.39. The summed E-state index contributed by atoms with van der Waals surface area (Å²) in [5, 5.41) is 8.74. The molecule has 0 amide bonds. The average molecular weight is 277 g/mol. The van der Waals surface area contributed by atoms with Gasteiger partial charge in [0, 0.05) is 13.1 Å². The van der Waals surface area contributed by atoms with Crippen molar-refractivity contribution in [1.82, 2.24) is 4.31 Å². The van der Waals surface area contributed by atoms with Gasteiger partial charge < -0.3 is 9.84 Å². The van der Waals surface area contributed by atoms with E-state index in [0.29, 0.717) is 25.8 Å². The number of methoxy groups -OCH3 is 1. The van der Waals surface area contributed by atoms with E-state index in [-0.39, 0.29) is 6.54 Å². The first kappa shape index (κ1) is 13.8. The molecule has 104 valence electrons. The predicted octanol–water partition coefficient (Wildman–Crippen LogP) is -0.275. The first-order valence-electron chi connectivity index (χ1n) is 6.21. The number of hydrogen-bond donors (Lipinski definition) is 1. The number of carbonyl (C=O) groups is 1. The van der Waals surface area contributed by atoms with E-state index in [4.69, 9.17) is 0 Å². The number of hydrogen-bond acceptors (Lipinski definition) is 5. The largest absolute Gasteiger partial charge is 0.469 e. The molecule has 1 heterocycles. The molecule has 0 aromatic carbocycles. The molecule has 0 bridgehead atoms. The van der Waals surface area contributed by atoms with Crippen molar-refractivity contribution in [3.8, 4) is 0 Å². The average Bonchev–Trinajstić information content (AvgIpc) is 2.96. The van der Waals surface area contributed by atoms with E-state index >= 15 is 0 Å². The topological polar surface area (TPSA) is 83.9 Å². The van der Waals surface area contributed by atoms with Crippen LogP contribution < -0.4 is 0 Å². The second-order valence-corrected chi connectivity index (χ2v) is 7.10. The fourth-order valence-electron chi connectivity index (χ4n) is 2.84. The second-order valence-electron chi connectivity index (χ2n) is 4.94. The molecule has 3 atom stereocenters. The summed E-state index contributed by atoms with van der Waals surface area (Å²) in [6.45, 7) is 0.487. The van der Waals surface area contributed by atoms with Crippen LogP contribution in [0.3, 0.4) is 0 Å². The molecule has 6 nitrogen and oxygen atoms in total. The first-order chi connectivity index (χ1) is 8.46. The van der Waals surface area contributed by atoms with Gasteiger partial charge >= 0.3 is 5.97 Å². The molecule has 1 saturated heterocycles. The van der Waals surface area contributed by atoms with Gasteiger partial charge in [0.05, 0.1) is 24.4 Å². The molecule has 1 aliphatic carbocycles. The SMILES string of the molecule is COC(=O)C1CCCC1S(=O)(=O)N1CC[C@@H](O)C1. The van der Waals surface area contributed by atoms with Crippen molar-refractivity contribution in [2.75, 3.05) is 20.2 Å². The van der Waals surface area contributed by atoms with Crippen molar-refractivity contribution in [3.05, 3.63) is 0 Å². The quantitative estimate of drug-likeness (QED) is 0.718. The van der Waals surface area contributed by atoms with Crippen LogP contribution in [0.15, 0.2) is 0 Å². The summed E-state index contributed by atoms with van der Waals surface area (Å²) in [6, 6.07) is 0. The van der Waals surface area contributed by atoms with E-state index in [0.717, 1.165) is 6.42 Å². The Labute approximate surface area is 107 Å². The lowest BCUT2D eigenvalue weighted by molar-refractivity contribution is -0.145. The molecule has 1 N–H and O–H groups in total. The van der Waals surface area contributed by atoms with Crippen LogP contribution in [0.2, 0.25) is 0 Å². The number of esters is 1. The number of sulfonamides is 1. The van der Waals surface area contributed by atoms with Crippen molar-refractivity contribution in [1.29, 1.82) is 0 Å². The normalized spacial score (nSPS) is 33.8. The zero-order valence-corrected chi connectivity index (χ0v) is 11.2. The molecule has 2 rings (SSSR count). The summed E-state index contributed by atoms with van der Waals surface area (Å²) in [4.78, 5) is 11.6. The van der Waals surface area contributed by atoms with Crippen LogP contribution >= 0.6 is 0 Å². The van der Waals surface area contributed by atoms with Crippen LogP contribution in [0.5, 0.6) is 0 Å². The Bertz CT molecular complexity index is 421. The van der Waals surface area contributed by atoms with Gasteiger partial charge in [-0.3, -0.25) is 4.79 Å². The van der Waals surface area contributed by atoms with Gasteiger partial charge in [-0.1, -0.05) is 6.42 Å². The molecule has 2 fully saturated rings. The number of nitrogens with zero attached hydrogens (tertiary/aromatic N) is 1. The van der Waals surface area contributed by atoms with Crippen LogP contribution in [0, 0.1) is 5.92 Å². The van der Waals surface area contributed by atoms with Gasteiger partial charge in [0.15, 0.2) is 0 Å². The lowest BCUT2D eigenvalue weighted by Crippen LogP contribution is -2.41. The van der Waals surface area contributed by atoms with Gasteiger partial charge in [-0.15, -0.1) is 0 Å². The minimum atomic E-state index is -3.50. The number of β-amino-alcohol motifs (C(OH)–C–C–N with tert-alkyl or cyclic N) is 1. The van der Waals surface area contributed by atoms with Gasteiger partial charge in [0.2, 0.25) is 10.0 Å². The molecular formula is C11H19NO5S. The van der Waals surface area contributed by atoms with E-state index < -0.39 is 33.3 Å². The highest BCUT2D eigenvalue weighted by Crippen LogP contribution is 2.34. The highest BCUT2D eigenvalue weighted by molar-refractivity contribution is 7.89. The Morgan fingerprint density at radius 2 is 2.06 bits per heavy atom. The molecule has 1 aliphatic heterocycles. The Kier molecular flexibility index (Phi) is 3.93. The van der Waals surface area contributed by atoms with Crippen molar-refractivity contribution < 1.29 is 23.1 Å². The number of ether oxygens (including phenoxy) is 1. The smallest absolute Gasteiger partial charge is 0.310 e. The molecular weight excluding hydrogens is 258 g/mol. The molecule has 0 aromatic heterocycles.